The molecule has 1 atom stereocenters. The minimum absolute atomic E-state index is 0.331. The molecule has 3 heteroatoms. The minimum atomic E-state index is -0.707. The van der Waals surface area contributed by atoms with Crippen molar-refractivity contribution >= 4 is 5.97 Å². The zero-order chi connectivity index (χ0) is 9.84. The van der Waals surface area contributed by atoms with Gasteiger partial charge in [0, 0.05) is 6.04 Å². The Balaban J connectivity index is 2.26. The second-order valence-corrected chi connectivity index (χ2v) is 4.12. The predicted octanol–water partition coefficient (Wildman–Crippen LogP) is 1.63. The number of carbonyl (C=O) groups is 1. The Morgan fingerprint density at radius 1 is 1.62 bits per heavy atom. The fourth-order valence-corrected chi connectivity index (χ4v) is 1.89. The molecule has 0 saturated heterocycles. The molecule has 13 heavy (non-hydrogen) atoms. The molecule has 0 aromatic carbocycles. The van der Waals surface area contributed by atoms with Gasteiger partial charge < -0.3 is 10.4 Å². The Morgan fingerprint density at radius 3 is 2.62 bits per heavy atom. The van der Waals surface area contributed by atoms with E-state index in [0.29, 0.717) is 6.04 Å². The Labute approximate surface area is 79.5 Å². The molecule has 2 N–H and O–H groups in total. The van der Waals surface area contributed by atoms with Gasteiger partial charge in [-0.15, -0.1) is 0 Å². The van der Waals surface area contributed by atoms with Gasteiger partial charge >= 0.3 is 5.97 Å². The first kappa shape index (κ1) is 10.5. The Kier molecular flexibility index (Phi) is 3.72. The number of carboxylic acid groups (broad SMARTS) is 1. The van der Waals surface area contributed by atoms with E-state index in [1.807, 2.05) is 6.92 Å². The van der Waals surface area contributed by atoms with Crippen LogP contribution in [0.3, 0.4) is 0 Å². The van der Waals surface area contributed by atoms with Crippen LogP contribution < -0.4 is 5.32 Å². The standard InChI is InChI=1S/C10H19NO2/c1-3-4-9(10(12)13)11-8-5-7(2)6-8/h7-9,11H,3-6H2,1-2H3,(H,12,13). The quantitative estimate of drug-likeness (QED) is 0.684. The highest BCUT2D eigenvalue weighted by atomic mass is 16.4. The lowest BCUT2D eigenvalue weighted by Gasteiger charge is -2.35. The smallest absolute Gasteiger partial charge is 0.320 e. The van der Waals surface area contributed by atoms with Crippen LogP contribution in [0.2, 0.25) is 0 Å². The number of nitrogens with one attached hydrogen (secondary N) is 1. The molecule has 0 heterocycles. The highest BCUT2D eigenvalue weighted by Crippen LogP contribution is 2.26. The largest absolute Gasteiger partial charge is 0.480 e. The maximum atomic E-state index is 10.8. The summed E-state index contributed by atoms with van der Waals surface area (Å²) in [5.41, 5.74) is 0. The van der Waals surface area contributed by atoms with Crippen LogP contribution in [0.15, 0.2) is 0 Å². The van der Waals surface area contributed by atoms with E-state index in [1.165, 1.54) is 0 Å². The van der Waals surface area contributed by atoms with Crippen molar-refractivity contribution in [3.8, 4) is 0 Å². The van der Waals surface area contributed by atoms with E-state index in [-0.39, 0.29) is 6.04 Å². The molecule has 3 nitrogen and oxygen atoms in total. The SMILES string of the molecule is CCCC(NC1CC(C)C1)C(=O)O. The number of hydrogen-bond acceptors (Lipinski definition) is 2. The van der Waals surface area contributed by atoms with Gasteiger partial charge in [-0.2, -0.15) is 0 Å². The Bertz CT molecular complexity index is 176. The maximum absolute atomic E-state index is 10.8. The molecule has 0 spiro atoms. The third-order valence-electron chi connectivity index (χ3n) is 2.69. The van der Waals surface area contributed by atoms with Crippen molar-refractivity contribution in [3.63, 3.8) is 0 Å². The summed E-state index contributed by atoms with van der Waals surface area (Å²) >= 11 is 0. The van der Waals surface area contributed by atoms with Gasteiger partial charge in [0.15, 0.2) is 0 Å². The van der Waals surface area contributed by atoms with Gasteiger partial charge in [0.1, 0.15) is 6.04 Å². The summed E-state index contributed by atoms with van der Waals surface area (Å²) in [6.07, 6.45) is 3.92. The second-order valence-electron chi connectivity index (χ2n) is 4.12. The molecule has 1 aliphatic carbocycles. The first-order valence-electron chi connectivity index (χ1n) is 5.12. The van der Waals surface area contributed by atoms with Gasteiger partial charge in [-0.1, -0.05) is 20.3 Å². The fourth-order valence-electron chi connectivity index (χ4n) is 1.89. The molecule has 1 rings (SSSR count). The molecule has 76 valence electrons. The molecule has 1 saturated carbocycles. The van der Waals surface area contributed by atoms with Crippen molar-refractivity contribution in [2.45, 2.75) is 51.6 Å². The Morgan fingerprint density at radius 2 is 2.23 bits per heavy atom. The van der Waals surface area contributed by atoms with Crippen LogP contribution in [0.4, 0.5) is 0 Å². The second kappa shape index (κ2) is 4.61. The fraction of sp³-hybridized carbons (Fsp3) is 0.900. The molecule has 1 aliphatic rings. The van der Waals surface area contributed by atoms with Crippen molar-refractivity contribution in [1.82, 2.24) is 5.32 Å². The number of aliphatic carboxylic acids is 1. The third kappa shape index (κ3) is 2.99. The average Bonchev–Trinajstić information content (AvgIpc) is 2.00. The lowest BCUT2D eigenvalue weighted by atomic mass is 9.81. The van der Waals surface area contributed by atoms with Gasteiger partial charge in [0.2, 0.25) is 0 Å². The van der Waals surface area contributed by atoms with Crippen LogP contribution in [-0.2, 0) is 4.79 Å². The number of carboxylic acids is 1. The van der Waals surface area contributed by atoms with Crippen LogP contribution >= 0.6 is 0 Å². The lowest BCUT2D eigenvalue weighted by molar-refractivity contribution is -0.140. The van der Waals surface area contributed by atoms with Gasteiger partial charge in [-0.25, -0.2) is 0 Å². The lowest BCUT2D eigenvalue weighted by Crippen LogP contribution is -2.48. The predicted molar refractivity (Wildman–Crippen MR) is 51.7 cm³/mol. The van der Waals surface area contributed by atoms with E-state index in [2.05, 4.69) is 12.2 Å². The molecule has 0 bridgehead atoms. The maximum Gasteiger partial charge on any atom is 0.320 e. The normalized spacial score (nSPS) is 29.4. The highest BCUT2D eigenvalue weighted by molar-refractivity contribution is 5.73. The summed E-state index contributed by atoms with van der Waals surface area (Å²) in [4.78, 5) is 10.8. The van der Waals surface area contributed by atoms with E-state index in [4.69, 9.17) is 5.11 Å². The number of rotatable bonds is 5. The van der Waals surface area contributed by atoms with Crippen molar-refractivity contribution in [2.75, 3.05) is 0 Å². The molecule has 0 aromatic rings. The first-order valence-corrected chi connectivity index (χ1v) is 5.12. The van der Waals surface area contributed by atoms with Crippen molar-refractivity contribution in [2.24, 2.45) is 5.92 Å². The topological polar surface area (TPSA) is 49.3 Å². The zero-order valence-corrected chi connectivity index (χ0v) is 8.42. The van der Waals surface area contributed by atoms with Crippen LogP contribution in [0.25, 0.3) is 0 Å². The van der Waals surface area contributed by atoms with Crippen molar-refractivity contribution in [3.05, 3.63) is 0 Å². The highest BCUT2D eigenvalue weighted by Gasteiger charge is 2.29. The third-order valence-corrected chi connectivity index (χ3v) is 2.69. The summed E-state index contributed by atoms with van der Waals surface area (Å²) in [5.74, 6) is 0.0648. The van der Waals surface area contributed by atoms with E-state index in [0.717, 1.165) is 31.6 Å². The van der Waals surface area contributed by atoms with Gasteiger partial charge in [0.25, 0.3) is 0 Å². The zero-order valence-electron chi connectivity index (χ0n) is 8.42. The monoisotopic (exact) mass is 185 g/mol. The molecular weight excluding hydrogens is 166 g/mol. The van der Waals surface area contributed by atoms with E-state index >= 15 is 0 Å². The first-order chi connectivity index (χ1) is 6.13. The summed E-state index contributed by atoms with van der Waals surface area (Å²) in [6, 6.07) is 0.116. The molecule has 1 unspecified atom stereocenters. The van der Waals surface area contributed by atoms with Gasteiger partial charge in [-0.3, -0.25) is 4.79 Å². The van der Waals surface area contributed by atoms with Crippen LogP contribution in [-0.4, -0.2) is 23.2 Å². The van der Waals surface area contributed by atoms with Gasteiger partial charge in [0.05, 0.1) is 0 Å². The molecule has 0 radical (unpaired) electrons. The molecule has 0 aliphatic heterocycles. The van der Waals surface area contributed by atoms with Crippen LogP contribution in [0.1, 0.15) is 39.5 Å². The summed E-state index contributed by atoms with van der Waals surface area (Å²) in [7, 11) is 0. The van der Waals surface area contributed by atoms with Gasteiger partial charge in [-0.05, 0) is 25.2 Å². The van der Waals surface area contributed by atoms with Crippen LogP contribution in [0, 0.1) is 5.92 Å². The summed E-state index contributed by atoms with van der Waals surface area (Å²) < 4.78 is 0. The summed E-state index contributed by atoms with van der Waals surface area (Å²) in [5, 5.41) is 12.1. The average molecular weight is 185 g/mol. The van der Waals surface area contributed by atoms with E-state index in [9.17, 15) is 4.79 Å². The molecular formula is C10H19NO2. The van der Waals surface area contributed by atoms with Crippen LogP contribution in [0.5, 0.6) is 0 Å². The number of hydrogen-bond donors (Lipinski definition) is 2. The minimum Gasteiger partial charge on any atom is -0.480 e. The van der Waals surface area contributed by atoms with Crippen molar-refractivity contribution in [1.29, 1.82) is 0 Å². The summed E-state index contributed by atoms with van der Waals surface area (Å²) in [6.45, 7) is 4.22. The molecule has 0 amide bonds. The molecule has 0 aromatic heterocycles. The van der Waals surface area contributed by atoms with E-state index < -0.39 is 5.97 Å². The Hall–Kier alpha value is -0.570. The van der Waals surface area contributed by atoms with E-state index in [1.54, 1.807) is 0 Å². The molecule has 1 fully saturated rings. The van der Waals surface area contributed by atoms with Crippen molar-refractivity contribution < 1.29 is 9.90 Å².